The second kappa shape index (κ2) is 7.79. The number of aromatic carboxylic acids is 1. The maximum absolute atomic E-state index is 10.9. The van der Waals surface area contributed by atoms with Crippen molar-refractivity contribution in [1.29, 1.82) is 0 Å². The van der Waals surface area contributed by atoms with Crippen molar-refractivity contribution in [2.24, 2.45) is 0 Å². The van der Waals surface area contributed by atoms with E-state index >= 15 is 0 Å². The van der Waals surface area contributed by atoms with E-state index in [-0.39, 0.29) is 0 Å². The smallest absolute Gasteiger partial charge is 0.335 e. The first-order valence-corrected chi connectivity index (χ1v) is 7.65. The number of carboxylic acids is 1. The lowest BCUT2D eigenvalue weighted by molar-refractivity contribution is 0.0697. The van der Waals surface area contributed by atoms with Crippen LogP contribution in [0.5, 0.6) is 5.75 Å². The summed E-state index contributed by atoms with van der Waals surface area (Å²) >= 11 is 0. The number of ether oxygens (including phenoxy) is 1. The van der Waals surface area contributed by atoms with Crippen molar-refractivity contribution in [3.8, 4) is 5.75 Å². The molecule has 0 bridgehead atoms. The number of likely N-dealkylation sites (N-methyl/N-ethyl adjacent to an activating group) is 1. The van der Waals surface area contributed by atoms with E-state index in [1.165, 1.54) is 5.56 Å². The van der Waals surface area contributed by atoms with Gasteiger partial charge in [0.1, 0.15) is 5.75 Å². The molecule has 0 saturated carbocycles. The molecular weight excluding hydrogens is 290 g/mol. The van der Waals surface area contributed by atoms with Gasteiger partial charge in [-0.3, -0.25) is 4.90 Å². The Balaban J connectivity index is 1.99. The molecule has 4 heteroatoms. The van der Waals surface area contributed by atoms with Gasteiger partial charge in [0.25, 0.3) is 0 Å². The minimum Gasteiger partial charge on any atom is -0.496 e. The van der Waals surface area contributed by atoms with Crippen LogP contribution in [0.3, 0.4) is 0 Å². The van der Waals surface area contributed by atoms with Crippen LogP contribution in [-0.2, 0) is 13.0 Å². The molecule has 0 radical (unpaired) electrons. The molecule has 0 saturated heterocycles. The molecule has 0 aliphatic heterocycles. The third kappa shape index (κ3) is 4.57. The number of hydrogen-bond acceptors (Lipinski definition) is 3. The summed E-state index contributed by atoms with van der Waals surface area (Å²) in [6.07, 6.45) is 0.897. The van der Waals surface area contributed by atoms with Gasteiger partial charge in [-0.25, -0.2) is 4.79 Å². The average molecular weight is 313 g/mol. The molecule has 4 nitrogen and oxygen atoms in total. The van der Waals surface area contributed by atoms with Gasteiger partial charge < -0.3 is 9.84 Å². The first-order chi connectivity index (χ1) is 11.0. The second-order valence-corrected chi connectivity index (χ2v) is 5.78. The molecule has 1 unspecified atom stereocenters. The topological polar surface area (TPSA) is 49.8 Å². The van der Waals surface area contributed by atoms with Crippen molar-refractivity contribution < 1.29 is 14.6 Å². The number of methoxy groups -OCH3 is 1. The van der Waals surface area contributed by atoms with Crippen LogP contribution in [0.4, 0.5) is 0 Å². The predicted molar refractivity (Wildman–Crippen MR) is 91.0 cm³/mol. The number of para-hydroxylation sites is 1. The molecule has 1 atom stereocenters. The average Bonchev–Trinajstić information content (AvgIpc) is 2.55. The quantitative estimate of drug-likeness (QED) is 0.850. The maximum atomic E-state index is 10.9. The Labute approximate surface area is 137 Å². The van der Waals surface area contributed by atoms with Crippen molar-refractivity contribution in [3.05, 3.63) is 65.2 Å². The highest BCUT2D eigenvalue weighted by atomic mass is 16.5. The SMILES string of the molecule is COc1ccccc1CC(C)N(C)Cc1ccc(C(=O)O)cc1. The van der Waals surface area contributed by atoms with Crippen LogP contribution in [-0.4, -0.2) is 36.2 Å². The van der Waals surface area contributed by atoms with Crippen LogP contribution < -0.4 is 4.74 Å². The zero-order valence-corrected chi connectivity index (χ0v) is 13.8. The van der Waals surface area contributed by atoms with Crippen molar-refractivity contribution >= 4 is 5.97 Å². The summed E-state index contributed by atoms with van der Waals surface area (Å²) < 4.78 is 5.41. The van der Waals surface area contributed by atoms with Crippen LogP contribution in [0.15, 0.2) is 48.5 Å². The Morgan fingerprint density at radius 1 is 1.17 bits per heavy atom. The zero-order valence-electron chi connectivity index (χ0n) is 13.8. The van der Waals surface area contributed by atoms with E-state index in [1.807, 2.05) is 30.3 Å². The Bertz CT molecular complexity index is 652. The molecule has 1 N–H and O–H groups in total. The Kier molecular flexibility index (Phi) is 5.77. The fraction of sp³-hybridized carbons (Fsp3) is 0.316. The van der Waals surface area contributed by atoms with Crippen molar-refractivity contribution in [2.75, 3.05) is 14.2 Å². The normalized spacial score (nSPS) is 12.2. The van der Waals surface area contributed by atoms with Gasteiger partial charge in [-0.15, -0.1) is 0 Å². The number of carbonyl (C=O) groups is 1. The molecule has 0 aliphatic carbocycles. The molecular formula is C19H23NO3. The van der Waals surface area contributed by atoms with Crippen LogP contribution in [0.1, 0.15) is 28.4 Å². The summed E-state index contributed by atoms with van der Waals surface area (Å²) in [5, 5.41) is 8.94. The van der Waals surface area contributed by atoms with E-state index in [2.05, 4.69) is 24.9 Å². The molecule has 0 heterocycles. The summed E-state index contributed by atoms with van der Waals surface area (Å²) in [7, 11) is 3.77. The molecule has 0 fully saturated rings. The molecule has 23 heavy (non-hydrogen) atoms. The third-order valence-corrected chi connectivity index (χ3v) is 4.09. The van der Waals surface area contributed by atoms with Crippen molar-refractivity contribution in [2.45, 2.75) is 25.9 Å². The molecule has 2 rings (SSSR count). The lowest BCUT2D eigenvalue weighted by Gasteiger charge is -2.25. The predicted octanol–water partition coefficient (Wildman–Crippen LogP) is 3.46. The van der Waals surface area contributed by atoms with E-state index in [0.717, 1.165) is 24.3 Å². The highest BCUT2D eigenvalue weighted by Crippen LogP contribution is 2.20. The highest BCUT2D eigenvalue weighted by Gasteiger charge is 2.13. The number of benzene rings is 2. The number of hydrogen-bond donors (Lipinski definition) is 1. The molecule has 0 aromatic heterocycles. The molecule has 2 aromatic carbocycles. The monoisotopic (exact) mass is 313 g/mol. The minimum atomic E-state index is -0.894. The van der Waals surface area contributed by atoms with Gasteiger partial charge in [-0.05, 0) is 49.7 Å². The van der Waals surface area contributed by atoms with E-state index in [1.54, 1.807) is 19.2 Å². The molecule has 2 aromatic rings. The fourth-order valence-electron chi connectivity index (χ4n) is 2.54. The van der Waals surface area contributed by atoms with Crippen LogP contribution in [0.2, 0.25) is 0 Å². The highest BCUT2D eigenvalue weighted by molar-refractivity contribution is 5.87. The van der Waals surface area contributed by atoms with Gasteiger partial charge in [-0.1, -0.05) is 30.3 Å². The van der Waals surface area contributed by atoms with Gasteiger partial charge in [0.05, 0.1) is 12.7 Å². The first-order valence-electron chi connectivity index (χ1n) is 7.65. The number of nitrogens with zero attached hydrogens (tertiary/aromatic N) is 1. The molecule has 0 spiro atoms. The van der Waals surface area contributed by atoms with Crippen molar-refractivity contribution in [1.82, 2.24) is 4.90 Å². The Hall–Kier alpha value is -2.33. The van der Waals surface area contributed by atoms with Gasteiger partial charge in [0.15, 0.2) is 0 Å². The summed E-state index contributed by atoms with van der Waals surface area (Å²) in [5.41, 5.74) is 2.61. The fourth-order valence-corrected chi connectivity index (χ4v) is 2.54. The van der Waals surface area contributed by atoms with E-state index < -0.39 is 5.97 Å². The largest absolute Gasteiger partial charge is 0.496 e. The number of rotatable bonds is 7. The summed E-state index contributed by atoms with van der Waals surface area (Å²) in [5.74, 6) is 0.0213. The third-order valence-electron chi connectivity index (χ3n) is 4.09. The van der Waals surface area contributed by atoms with E-state index in [4.69, 9.17) is 9.84 Å². The summed E-state index contributed by atoms with van der Waals surface area (Å²) in [4.78, 5) is 13.1. The van der Waals surface area contributed by atoms with Crippen LogP contribution in [0, 0.1) is 0 Å². The molecule has 0 amide bonds. The maximum Gasteiger partial charge on any atom is 0.335 e. The lowest BCUT2D eigenvalue weighted by Crippen LogP contribution is -2.30. The minimum absolute atomic E-state index is 0.318. The van der Waals surface area contributed by atoms with Gasteiger partial charge in [0, 0.05) is 12.6 Å². The standard InChI is InChI=1S/C19H23NO3/c1-14(12-17-6-4-5-7-18(17)23-3)20(2)13-15-8-10-16(11-9-15)19(21)22/h4-11,14H,12-13H2,1-3H3,(H,21,22). The molecule has 122 valence electrons. The van der Waals surface area contributed by atoms with Gasteiger partial charge in [-0.2, -0.15) is 0 Å². The van der Waals surface area contributed by atoms with Crippen LogP contribution >= 0.6 is 0 Å². The lowest BCUT2D eigenvalue weighted by atomic mass is 10.0. The molecule has 0 aliphatic rings. The Morgan fingerprint density at radius 2 is 1.83 bits per heavy atom. The van der Waals surface area contributed by atoms with Gasteiger partial charge in [0.2, 0.25) is 0 Å². The van der Waals surface area contributed by atoms with Crippen LogP contribution in [0.25, 0.3) is 0 Å². The summed E-state index contributed by atoms with van der Waals surface area (Å²) in [6, 6.07) is 15.4. The Morgan fingerprint density at radius 3 is 2.43 bits per heavy atom. The summed E-state index contributed by atoms with van der Waals surface area (Å²) in [6.45, 7) is 2.95. The number of carboxylic acid groups (broad SMARTS) is 1. The van der Waals surface area contributed by atoms with Gasteiger partial charge >= 0.3 is 5.97 Å². The van der Waals surface area contributed by atoms with Crippen molar-refractivity contribution in [3.63, 3.8) is 0 Å². The van der Waals surface area contributed by atoms with E-state index in [0.29, 0.717) is 11.6 Å². The van der Waals surface area contributed by atoms with E-state index in [9.17, 15) is 4.79 Å². The second-order valence-electron chi connectivity index (χ2n) is 5.78. The first kappa shape index (κ1) is 17.0. The zero-order chi connectivity index (χ0) is 16.8.